The van der Waals surface area contributed by atoms with E-state index < -0.39 is 0 Å². The van der Waals surface area contributed by atoms with Crippen molar-refractivity contribution in [3.63, 3.8) is 0 Å². The summed E-state index contributed by atoms with van der Waals surface area (Å²) in [5.41, 5.74) is 1.16. The van der Waals surface area contributed by atoms with Gasteiger partial charge in [-0.05, 0) is 31.3 Å². The normalized spacial score (nSPS) is 10.4. The second kappa shape index (κ2) is 3.38. The molecule has 0 amide bonds. The van der Waals surface area contributed by atoms with Crippen LogP contribution in [0.25, 0.3) is 11.3 Å². The lowest BCUT2D eigenvalue weighted by atomic mass is 10.1. The van der Waals surface area contributed by atoms with E-state index in [9.17, 15) is 4.39 Å². The molecule has 2 rings (SSSR count). The molecule has 1 aromatic carbocycles. The van der Waals surface area contributed by atoms with Gasteiger partial charge in [0.1, 0.15) is 5.82 Å². The van der Waals surface area contributed by atoms with Gasteiger partial charge in [0.05, 0.1) is 11.3 Å². The number of oxazole rings is 1. The van der Waals surface area contributed by atoms with Crippen LogP contribution in [0.1, 0.15) is 5.69 Å². The lowest BCUT2D eigenvalue weighted by molar-refractivity contribution is 0.546. The first-order valence-corrected chi connectivity index (χ1v) is 4.54. The Labute approximate surface area is 85.4 Å². The predicted molar refractivity (Wildman–Crippen MR) is 54.0 cm³/mol. The highest BCUT2D eigenvalue weighted by Gasteiger charge is 2.10. The van der Waals surface area contributed by atoms with Crippen molar-refractivity contribution >= 4 is 12.2 Å². The van der Waals surface area contributed by atoms with Gasteiger partial charge in [-0.15, -0.1) is 0 Å². The van der Waals surface area contributed by atoms with Gasteiger partial charge in [0, 0.05) is 0 Å². The van der Waals surface area contributed by atoms with Crippen molar-refractivity contribution in [2.24, 2.45) is 0 Å². The van der Waals surface area contributed by atoms with Crippen LogP contribution in [0.4, 0.5) is 4.39 Å². The smallest absolute Gasteiger partial charge is 0.266 e. The van der Waals surface area contributed by atoms with Crippen molar-refractivity contribution < 1.29 is 8.81 Å². The molecule has 0 bridgehead atoms. The van der Waals surface area contributed by atoms with Crippen molar-refractivity contribution in [3.8, 4) is 11.3 Å². The molecule has 0 atom stereocenters. The number of H-pyrrole nitrogens is 1. The maximum atomic E-state index is 13.4. The van der Waals surface area contributed by atoms with Crippen LogP contribution in [-0.4, -0.2) is 4.98 Å². The number of aromatic amines is 1. The number of aryl methyl sites for hydroxylation is 1. The fourth-order valence-electron chi connectivity index (χ4n) is 1.31. The molecule has 1 heterocycles. The molecule has 1 aromatic heterocycles. The van der Waals surface area contributed by atoms with Crippen molar-refractivity contribution in [2.45, 2.75) is 6.92 Å². The number of nitrogens with one attached hydrogen (secondary N) is 1. The average molecular weight is 209 g/mol. The summed E-state index contributed by atoms with van der Waals surface area (Å²) in [5.74, 6) is 0.154. The summed E-state index contributed by atoms with van der Waals surface area (Å²) in [6.07, 6.45) is 0. The molecule has 0 saturated carbocycles. The molecule has 0 aliphatic carbocycles. The molecular formula is C10H8FNOS. The van der Waals surface area contributed by atoms with Gasteiger partial charge >= 0.3 is 0 Å². The number of rotatable bonds is 1. The van der Waals surface area contributed by atoms with Gasteiger partial charge in [-0.2, -0.15) is 0 Å². The van der Waals surface area contributed by atoms with Gasteiger partial charge in [0.15, 0.2) is 5.76 Å². The van der Waals surface area contributed by atoms with Crippen LogP contribution in [0.2, 0.25) is 0 Å². The van der Waals surface area contributed by atoms with Crippen LogP contribution in [0, 0.1) is 17.6 Å². The molecule has 2 nitrogen and oxygen atoms in total. The highest BCUT2D eigenvalue weighted by molar-refractivity contribution is 7.71. The van der Waals surface area contributed by atoms with E-state index in [1.165, 1.54) is 6.07 Å². The molecule has 0 radical (unpaired) electrons. The highest BCUT2D eigenvalue weighted by atomic mass is 32.1. The summed E-state index contributed by atoms with van der Waals surface area (Å²) in [6, 6.07) is 6.43. The quantitative estimate of drug-likeness (QED) is 0.729. The zero-order valence-corrected chi connectivity index (χ0v) is 8.32. The Morgan fingerprint density at radius 2 is 2.07 bits per heavy atom. The highest BCUT2D eigenvalue weighted by Crippen LogP contribution is 2.25. The largest absolute Gasteiger partial charge is 0.429 e. The zero-order chi connectivity index (χ0) is 10.1. The Morgan fingerprint density at radius 3 is 2.64 bits per heavy atom. The molecule has 0 aliphatic heterocycles. The van der Waals surface area contributed by atoms with Crippen molar-refractivity contribution in [2.75, 3.05) is 0 Å². The number of benzene rings is 1. The molecule has 0 fully saturated rings. The second-order valence-electron chi connectivity index (χ2n) is 2.95. The first kappa shape index (κ1) is 9.15. The average Bonchev–Trinajstić information content (AvgIpc) is 2.46. The maximum Gasteiger partial charge on any atom is 0.266 e. The van der Waals surface area contributed by atoms with E-state index in [1.54, 1.807) is 25.1 Å². The molecule has 2 aromatic rings. The van der Waals surface area contributed by atoms with E-state index in [2.05, 4.69) is 4.98 Å². The molecule has 72 valence electrons. The van der Waals surface area contributed by atoms with E-state index in [0.29, 0.717) is 11.3 Å². The molecule has 14 heavy (non-hydrogen) atoms. The second-order valence-corrected chi connectivity index (χ2v) is 3.32. The lowest BCUT2D eigenvalue weighted by Gasteiger charge is -1.98. The summed E-state index contributed by atoms with van der Waals surface area (Å²) in [7, 11) is 0. The molecular weight excluding hydrogens is 201 g/mol. The van der Waals surface area contributed by atoms with Gasteiger partial charge in [0.2, 0.25) is 0 Å². The summed E-state index contributed by atoms with van der Waals surface area (Å²) in [6.45, 7) is 1.79. The molecule has 4 heteroatoms. The van der Waals surface area contributed by atoms with E-state index >= 15 is 0 Å². The van der Waals surface area contributed by atoms with Crippen LogP contribution in [0.3, 0.4) is 0 Å². The Balaban J connectivity index is 2.66. The van der Waals surface area contributed by atoms with Gasteiger partial charge in [0.25, 0.3) is 4.84 Å². The Morgan fingerprint density at radius 1 is 1.36 bits per heavy atom. The van der Waals surface area contributed by atoms with Crippen LogP contribution >= 0.6 is 12.2 Å². The summed E-state index contributed by atoms with van der Waals surface area (Å²) in [4.78, 5) is 3.08. The van der Waals surface area contributed by atoms with Crippen molar-refractivity contribution in [1.82, 2.24) is 4.98 Å². The number of hydrogen-bond donors (Lipinski definition) is 1. The monoisotopic (exact) mass is 209 g/mol. The number of aromatic nitrogens is 1. The third-order valence-corrected chi connectivity index (χ3v) is 2.13. The molecule has 0 spiro atoms. The third kappa shape index (κ3) is 1.48. The fraction of sp³-hybridized carbons (Fsp3) is 0.100. The zero-order valence-electron chi connectivity index (χ0n) is 7.50. The number of hydrogen-bond acceptors (Lipinski definition) is 2. The topological polar surface area (TPSA) is 28.9 Å². The standard InChI is InChI=1S/C10H8FNOS/c1-6-9(13-10(14)12-6)7-4-2-3-5-8(7)11/h2-5H,1H3,(H,12,14). The van der Waals surface area contributed by atoms with Crippen LogP contribution in [0.15, 0.2) is 28.7 Å². The van der Waals surface area contributed by atoms with Crippen LogP contribution < -0.4 is 0 Å². The minimum absolute atomic E-state index is 0.265. The third-order valence-electron chi connectivity index (χ3n) is 1.94. The lowest BCUT2D eigenvalue weighted by Crippen LogP contribution is -1.83. The van der Waals surface area contributed by atoms with Crippen LogP contribution in [0.5, 0.6) is 0 Å². The SMILES string of the molecule is Cc1[nH]c(=S)oc1-c1ccccc1F. The fourth-order valence-corrected chi connectivity index (χ4v) is 1.54. The predicted octanol–water partition coefficient (Wildman–Crippen LogP) is 3.45. The minimum Gasteiger partial charge on any atom is -0.429 e. The summed E-state index contributed by atoms with van der Waals surface area (Å²) < 4.78 is 18.6. The molecule has 1 N–H and O–H groups in total. The van der Waals surface area contributed by atoms with Gasteiger partial charge in [-0.3, -0.25) is 0 Å². The Kier molecular flexibility index (Phi) is 2.21. The van der Waals surface area contributed by atoms with E-state index in [-0.39, 0.29) is 10.7 Å². The van der Waals surface area contributed by atoms with Gasteiger partial charge in [-0.1, -0.05) is 12.1 Å². The molecule has 0 unspecified atom stereocenters. The Bertz CT molecular complexity index is 515. The first-order valence-electron chi connectivity index (χ1n) is 4.13. The van der Waals surface area contributed by atoms with Gasteiger partial charge < -0.3 is 9.40 Å². The maximum absolute atomic E-state index is 13.4. The molecule has 0 aliphatic rings. The number of halogens is 1. The Hall–Kier alpha value is -1.42. The summed E-state index contributed by atoms with van der Waals surface area (Å²) in [5, 5.41) is 0. The van der Waals surface area contributed by atoms with Crippen LogP contribution in [-0.2, 0) is 0 Å². The van der Waals surface area contributed by atoms with E-state index in [0.717, 1.165) is 5.69 Å². The first-order chi connectivity index (χ1) is 6.68. The molecule has 0 saturated heterocycles. The van der Waals surface area contributed by atoms with Crippen molar-refractivity contribution in [1.29, 1.82) is 0 Å². The van der Waals surface area contributed by atoms with Crippen molar-refractivity contribution in [3.05, 3.63) is 40.6 Å². The van der Waals surface area contributed by atoms with Gasteiger partial charge in [-0.25, -0.2) is 4.39 Å². The minimum atomic E-state index is -0.312. The summed E-state index contributed by atoms with van der Waals surface area (Å²) >= 11 is 4.82. The van der Waals surface area contributed by atoms with E-state index in [1.807, 2.05) is 0 Å². The van der Waals surface area contributed by atoms with E-state index in [4.69, 9.17) is 16.6 Å².